The number of ether oxygens (including phenoxy) is 1. The number of rotatable bonds is 2. The lowest BCUT2D eigenvalue weighted by Gasteiger charge is -2.06. The van der Waals surface area contributed by atoms with E-state index >= 15 is 0 Å². The van der Waals surface area contributed by atoms with Crippen molar-refractivity contribution in [3.05, 3.63) is 36.0 Å². The SMILES string of the molecule is Cc1cccc2c(OCC#N)ccnc12. The van der Waals surface area contributed by atoms with Gasteiger partial charge in [0.25, 0.3) is 0 Å². The number of aromatic nitrogens is 1. The summed E-state index contributed by atoms with van der Waals surface area (Å²) in [6.07, 6.45) is 1.70. The number of hydrogen-bond acceptors (Lipinski definition) is 3. The molecule has 0 atom stereocenters. The van der Waals surface area contributed by atoms with Crippen molar-refractivity contribution in [3.8, 4) is 11.8 Å². The van der Waals surface area contributed by atoms with E-state index in [1.165, 1.54) is 0 Å². The van der Waals surface area contributed by atoms with E-state index in [0.717, 1.165) is 16.5 Å². The summed E-state index contributed by atoms with van der Waals surface area (Å²) >= 11 is 0. The lowest BCUT2D eigenvalue weighted by molar-refractivity contribution is 0.372. The number of aryl methyl sites for hydroxylation is 1. The molecule has 0 saturated heterocycles. The number of pyridine rings is 1. The van der Waals surface area contributed by atoms with E-state index in [1.807, 2.05) is 31.2 Å². The van der Waals surface area contributed by atoms with Gasteiger partial charge in [-0.15, -0.1) is 0 Å². The van der Waals surface area contributed by atoms with Gasteiger partial charge in [0.1, 0.15) is 11.8 Å². The number of fused-ring (bicyclic) bond motifs is 1. The van der Waals surface area contributed by atoms with Gasteiger partial charge in [0.15, 0.2) is 6.61 Å². The van der Waals surface area contributed by atoms with Crippen molar-refractivity contribution in [3.63, 3.8) is 0 Å². The Kier molecular flexibility index (Phi) is 2.51. The van der Waals surface area contributed by atoms with Gasteiger partial charge in [-0.1, -0.05) is 12.1 Å². The van der Waals surface area contributed by atoms with Gasteiger partial charge in [-0.25, -0.2) is 0 Å². The molecule has 3 heteroatoms. The first-order valence-electron chi connectivity index (χ1n) is 4.67. The molecule has 0 bridgehead atoms. The van der Waals surface area contributed by atoms with Gasteiger partial charge in [-0.3, -0.25) is 4.98 Å². The maximum Gasteiger partial charge on any atom is 0.174 e. The van der Waals surface area contributed by atoms with Crippen LogP contribution in [-0.4, -0.2) is 11.6 Å². The molecule has 2 rings (SSSR count). The van der Waals surface area contributed by atoms with Gasteiger partial charge in [-0.2, -0.15) is 5.26 Å². The van der Waals surface area contributed by atoms with Crippen LogP contribution in [-0.2, 0) is 0 Å². The van der Waals surface area contributed by atoms with Gasteiger partial charge in [0.05, 0.1) is 5.52 Å². The minimum atomic E-state index is 0.0626. The van der Waals surface area contributed by atoms with Crippen molar-refractivity contribution in [1.82, 2.24) is 4.98 Å². The molecule has 0 fully saturated rings. The van der Waals surface area contributed by atoms with E-state index in [-0.39, 0.29) is 6.61 Å². The standard InChI is InChI=1S/C12H10N2O/c1-9-3-2-4-10-11(15-8-6-13)5-7-14-12(9)10/h2-5,7H,8H2,1H3. The Bertz CT molecular complexity index is 529. The van der Waals surface area contributed by atoms with E-state index in [4.69, 9.17) is 10.00 Å². The predicted octanol–water partition coefficient (Wildman–Crippen LogP) is 2.45. The minimum absolute atomic E-state index is 0.0626. The minimum Gasteiger partial charge on any atom is -0.478 e. The van der Waals surface area contributed by atoms with Crippen LogP contribution in [0.4, 0.5) is 0 Å². The van der Waals surface area contributed by atoms with Gasteiger partial charge in [0.2, 0.25) is 0 Å². The van der Waals surface area contributed by atoms with Crippen LogP contribution >= 0.6 is 0 Å². The fourth-order valence-electron chi connectivity index (χ4n) is 1.53. The highest BCUT2D eigenvalue weighted by Gasteiger charge is 2.03. The summed E-state index contributed by atoms with van der Waals surface area (Å²) < 4.78 is 5.32. The summed E-state index contributed by atoms with van der Waals surface area (Å²) in [6, 6.07) is 9.64. The predicted molar refractivity (Wildman–Crippen MR) is 57.6 cm³/mol. The molecule has 0 spiro atoms. The Morgan fingerprint density at radius 1 is 1.40 bits per heavy atom. The molecule has 1 aromatic carbocycles. The fourth-order valence-corrected chi connectivity index (χ4v) is 1.53. The van der Waals surface area contributed by atoms with E-state index in [1.54, 1.807) is 12.3 Å². The van der Waals surface area contributed by atoms with E-state index in [9.17, 15) is 0 Å². The molecule has 0 aliphatic heterocycles. The fraction of sp³-hybridized carbons (Fsp3) is 0.167. The van der Waals surface area contributed by atoms with Gasteiger partial charge >= 0.3 is 0 Å². The topological polar surface area (TPSA) is 45.9 Å². The van der Waals surface area contributed by atoms with Crippen molar-refractivity contribution in [2.45, 2.75) is 6.92 Å². The van der Waals surface area contributed by atoms with Crippen LogP contribution in [0.2, 0.25) is 0 Å². The Morgan fingerprint density at radius 2 is 2.27 bits per heavy atom. The lowest BCUT2D eigenvalue weighted by atomic mass is 10.1. The lowest BCUT2D eigenvalue weighted by Crippen LogP contribution is -1.95. The van der Waals surface area contributed by atoms with Crippen LogP contribution in [0.5, 0.6) is 5.75 Å². The maximum atomic E-state index is 8.46. The van der Waals surface area contributed by atoms with Gasteiger partial charge in [-0.05, 0) is 24.6 Å². The highest BCUT2D eigenvalue weighted by atomic mass is 16.5. The average Bonchev–Trinajstić information content (AvgIpc) is 2.27. The number of para-hydroxylation sites is 1. The van der Waals surface area contributed by atoms with Crippen LogP contribution < -0.4 is 4.74 Å². The quantitative estimate of drug-likeness (QED) is 0.744. The molecule has 0 amide bonds. The molecule has 0 radical (unpaired) electrons. The van der Waals surface area contributed by atoms with Gasteiger partial charge < -0.3 is 4.74 Å². The number of hydrogen-bond donors (Lipinski definition) is 0. The van der Waals surface area contributed by atoms with Crippen molar-refractivity contribution in [1.29, 1.82) is 5.26 Å². The summed E-state index contributed by atoms with van der Waals surface area (Å²) in [4.78, 5) is 4.29. The van der Waals surface area contributed by atoms with Crippen LogP contribution in [0.25, 0.3) is 10.9 Å². The summed E-state index contributed by atoms with van der Waals surface area (Å²) in [6.45, 7) is 2.07. The molecule has 74 valence electrons. The number of nitriles is 1. The molecule has 2 aromatic rings. The molecule has 0 N–H and O–H groups in total. The van der Waals surface area contributed by atoms with Gasteiger partial charge in [0, 0.05) is 11.6 Å². The molecule has 3 nitrogen and oxygen atoms in total. The van der Waals surface area contributed by atoms with Crippen LogP contribution in [0.3, 0.4) is 0 Å². The van der Waals surface area contributed by atoms with Crippen LogP contribution in [0.1, 0.15) is 5.56 Å². The summed E-state index contributed by atoms with van der Waals surface area (Å²) in [7, 11) is 0. The monoisotopic (exact) mass is 198 g/mol. The normalized spacial score (nSPS) is 9.87. The molecule has 0 saturated carbocycles. The third-order valence-electron chi connectivity index (χ3n) is 2.22. The molecule has 0 unspecified atom stereocenters. The molecule has 1 heterocycles. The van der Waals surface area contributed by atoms with Crippen LogP contribution in [0, 0.1) is 18.3 Å². The molecular formula is C12H10N2O. The van der Waals surface area contributed by atoms with E-state index < -0.39 is 0 Å². The largest absolute Gasteiger partial charge is 0.478 e. The van der Waals surface area contributed by atoms with Crippen molar-refractivity contribution >= 4 is 10.9 Å². The van der Waals surface area contributed by atoms with Crippen LogP contribution in [0.15, 0.2) is 30.5 Å². The third-order valence-corrected chi connectivity index (χ3v) is 2.22. The second-order valence-electron chi connectivity index (χ2n) is 3.23. The first-order valence-corrected chi connectivity index (χ1v) is 4.67. The Hall–Kier alpha value is -2.08. The molecule has 0 aliphatic carbocycles. The third kappa shape index (κ3) is 1.75. The van der Waals surface area contributed by atoms with Crippen molar-refractivity contribution < 1.29 is 4.74 Å². The smallest absolute Gasteiger partial charge is 0.174 e. The molecule has 1 aromatic heterocycles. The van der Waals surface area contributed by atoms with E-state index in [0.29, 0.717) is 5.75 Å². The Labute approximate surface area is 87.9 Å². The first kappa shape index (κ1) is 9.47. The maximum absolute atomic E-state index is 8.46. The second-order valence-corrected chi connectivity index (χ2v) is 3.23. The summed E-state index contributed by atoms with van der Waals surface area (Å²) in [5.74, 6) is 0.713. The zero-order valence-electron chi connectivity index (χ0n) is 8.40. The first-order chi connectivity index (χ1) is 7.33. The van der Waals surface area contributed by atoms with E-state index in [2.05, 4.69) is 4.98 Å². The Balaban J connectivity index is 2.57. The zero-order valence-corrected chi connectivity index (χ0v) is 8.40. The molecule has 15 heavy (non-hydrogen) atoms. The molecule has 0 aliphatic rings. The summed E-state index contributed by atoms with van der Waals surface area (Å²) in [5, 5.41) is 9.42. The highest BCUT2D eigenvalue weighted by molar-refractivity contribution is 5.87. The number of benzene rings is 1. The van der Waals surface area contributed by atoms with Crippen molar-refractivity contribution in [2.24, 2.45) is 0 Å². The second kappa shape index (κ2) is 3.97. The average molecular weight is 198 g/mol. The molecular weight excluding hydrogens is 188 g/mol. The number of nitrogens with zero attached hydrogens (tertiary/aromatic N) is 2. The summed E-state index contributed by atoms with van der Waals surface area (Å²) in [5.41, 5.74) is 2.03. The Morgan fingerprint density at radius 3 is 3.07 bits per heavy atom. The van der Waals surface area contributed by atoms with Crippen molar-refractivity contribution in [2.75, 3.05) is 6.61 Å². The highest BCUT2D eigenvalue weighted by Crippen LogP contribution is 2.25. The zero-order chi connectivity index (χ0) is 10.7.